The van der Waals surface area contributed by atoms with Crippen LogP contribution in [0.25, 0.3) is 11.5 Å². The second-order valence-corrected chi connectivity index (χ2v) is 6.59. The number of aromatic nitrogens is 4. The Labute approximate surface area is 151 Å². The molecule has 0 radical (unpaired) electrons. The average molecular weight is 351 g/mol. The van der Waals surface area contributed by atoms with Crippen LogP contribution < -0.4 is 0 Å². The highest BCUT2D eigenvalue weighted by molar-refractivity contribution is 5.93. The van der Waals surface area contributed by atoms with Gasteiger partial charge in [0.05, 0.1) is 0 Å². The van der Waals surface area contributed by atoms with Gasteiger partial charge in [-0.2, -0.15) is 4.98 Å². The van der Waals surface area contributed by atoms with Gasteiger partial charge in [-0.25, -0.2) is 0 Å². The lowest BCUT2D eigenvalue weighted by molar-refractivity contribution is 0.0720. The molecule has 1 saturated heterocycles. The van der Waals surface area contributed by atoms with Crippen LogP contribution in [0.5, 0.6) is 0 Å². The topological polar surface area (TPSA) is 77.0 Å². The number of carbonyl (C=O) groups is 1. The Morgan fingerprint density at radius 2 is 2.15 bits per heavy atom. The number of amides is 1. The molecule has 7 heteroatoms. The first-order valence-corrected chi connectivity index (χ1v) is 8.87. The third kappa shape index (κ3) is 3.24. The fourth-order valence-corrected chi connectivity index (χ4v) is 3.50. The molecule has 4 heterocycles. The highest BCUT2D eigenvalue weighted by Gasteiger charge is 2.30. The van der Waals surface area contributed by atoms with Crippen LogP contribution in [0, 0.1) is 0 Å². The summed E-state index contributed by atoms with van der Waals surface area (Å²) in [6, 6.07) is 7.68. The predicted molar refractivity (Wildman–Crippen MR) is 95.3 cm³/mol. The molecule has 3 aromatic rings. The van der Waals surface area contributed by atoms with Crippen molar-refractivity contribution in [1.82, 2.24) is 24.6 Å². The monoisotopic (exact) mass is 351 g/mol. The molecule has 1 aliphatic rings. The molecule has 1 unspecified atom stereocenters. The Hall–Kier alpha value is -2.96. The average Bonchev–Trinajstić information content (AvgIpc) is 3.41. The van der Waals surface area contributed by atoms with Crippen molar-refractivity contribution in [1.29, 1.82) is 0 Å². The van der Waals surface area contributed by atoms with Crippen molar-refractivity contribution < 1.29 is 9.32 Å². The molecular formula is C19H21N5O2. The molecule has 0 aliphatic carbocycles. The molecule has 1 aliphatic heterocycles. The lowest BCUT2D eigenvalue weighted by Gasteiger charge is -2.24. The molecule has 4 rings (SSSR count). The molecule has 0 bridgehead atoms. The van der Waals surface area contributed by atoms with Crippen molar-refractivity contribution in [2.45, 2.75) is 31.7 Å². The molecule has 0 saturated carbocycles. The molecule has 134 valence electrons. The van der Waals surface area contributed by atoms with Crippen LogP contribution in [0.4, 0.5) is 0 Å². The van der Waals surface area contributed by atoms with Crippen molar-refractivity contribution in [3.05, 3.63) is 54.4 Å². The summed E-state index contributed by atoms with van der Waals surface area (Å²) in [5.41, 5.74) is 1.59. The number of rotatable bonds is 5. The van der Waals surface area contributed by atoms with E-state index in [1.165, 1.54) is 0 Å². The van der Waals surface area contributed by atoms with Crippen molar-refractivity contribution in [2.24, 2.45) is 7.05 Å². The minimum atomic E-state index is 0.102. The Morgan fingerprint density at radius 3 is 2.92 bits per heavy atom. The van der Waals surface area contributed by atoms with Gasteiger partial charge in [0.1, 0.15) is 5.69 Å². The third-order valence-corrected chi connectivity index (χ3v) is 4.90. The molecule has 3 aromatic heterocycles. The van der Waals surface area contributed by atoms with E-state index in [0.29, 0.717) is 18.1 Å². The summed E-state index contributed by atoms with van der Waals surface area (Å²) in [6.45, 7) is 0.809. The second kappa shape index (κ2) is 7.11. The maximum Gasteiger partial charge on any atom is 0.270 e. The summed E-state index contributed by atoms with van der Waals surface area (Å²) in [7, 11) is 1.90. The van der Waals surface area contributed by atoms with E-state index in [1.54, 1.807) is 12.4 Å². The van der Waals surface area contributed by atoms with E-state index in [4.69, 9.17) is 4.52 Å². The van der Waals surface area contributed by atoms with Gasteiger partial charge in [0.25, 0.3) is 11.8 Å². The molecule has 0 aromatic carbocycles. The number of carbonyl (C=O) groups excluding carboxylic acids is 1. The molecule has 26 heavy (non-hydrogen) atoms. The maximum absolute atomic E-state index is 12.8. The Kier molecular flexibility index (Phi) is 4.51. The van der Waals surface area contributed by atoms with Crippen molar-refractivity contribution in [3.63, 3.8) is 0 Å². The first-order valence-electron chi connectivity index (χ1n) is 8.87. The van der Waals surface area contributed by atoms with E-state index in [1.807, 2.05) is 47.0 Å². The zero-order valence-corrected chi connectivity index (χ0v) is 14.7. The maximum atomic E-state index is 12.8. The second-order valence-electron chi connectivity index (χ2n) is 6.59. The van der Waals surface area contributed by atoms with Gasteiger partial charge in [-0.15, -0.1) is 0 Å². The van der Waals surface area contributed by atoms with Crippen LogP contribution in [0.3, 0.4) is 0 Å². The zero-order valence-electron chi connectivity index (χ0n) is 14.7. The first-order chi connectivity index (χ1) is 12.7. The van der Waals surface area contributed by atoms with E-state index in [0.717, 1.165) is 37.1 Å². The Balaban J connectivity index is 1.40. The fourth-order valence-electron chi connectivity index (χ4n) is 3.50. The number of hydrogen-bond acceptors (Lipinski definition) is 5. The van der Waals surface area contributed by atoms with Gasteiger partial charge in [-0.05, 0) is 43.5 Å². The molecule has 7 nitrogen and oxygen atoms in total. The SMILES string of the molecule is Cn1cccc1C(=O)N1CCCC1CCc1noc(-c2ccncc2)n1. The summed E-state index contributed by atoms with van der Waals surface area (Å²) in [5, 5.41) is 4.07. The van der Waals surface area contributed by atoms with Crippen LogP contribution in [0.1, 0.15) is 35.6 Å². The van der Waals surface area contributed by atoms with E-state index in [2.05, 4.69) is 15.1 Å². The molecule has 1 amide bonds. The van der Waals surface area contributed by atoms with Crippen molar-refractivity contribution in [3.8, 4) is 11.5 Å². The van der Waals surface area contributed by atoms with Gasteiger partial charge < -0.3 is 14.0 Å². The summed E-state index contributed by atoms with van der Waals surface area (Å²) in [6.07, 6.45) is 8.88. The highest BCUT2D eigenvalue weighted by Crippen LogP contribution is 2.24. The van der Waals surface area contributed by atoms with Gasteiger partial charge in [-0.3, -0.25) is 9.78 Å². The van der Waals surface area contributed by atoms with E-state index >= 15 is 0 Å². The molecule has 0 N–H and O–H groups in total. The van der Waals surface area contributed by atoms with Crippen molar-refractivity contribution in [2.75, 3.05) is 6.54 Å². The molecule has 0 spiro atoms. The first kappa shape index (κ1) is 16.5. The van der Waals surface area contributed by atoms with Gasteiger partial charge >= 0.3 is 0 Å². The Bertz CT molecular complexity index is 886. The predicted octanol–water partition coefficient (Wildman–Crippen LogP) is 2.71. The van der Waals surface area contributed by atoms with Crippen LogP contribution in [-0.2, 0) is 13.5 Å². The smallest absolute Gasteiger partial charge is 0.270 e. The van der Waals surface area contributed by atoms with Crippen LogP contribution in [0.2, 0.25) is 0 Å². The number of likely N-dealkylation sites (tertiary alicyclic amines) is 1. The van der Waals surface area contributed by atoms with Gasteiger partial charge in [0.2, 0.25) is 0 Å². The number of hydrogen-bond donors (Lipinski definition) is 0. The minimum Gasteiger partial charge on any atom is -0.347 e. The van der Waals surface area contributed by atoms with Gasteiger partial charge in [-0.1, -0.05) is 5.16 Å². The van der Waals surface area contributed by atoms with Crippen LogP contribution >= 0.6 is 0 Å². The summed E-state index contributed by atoms with van der Waals surface area (Å²) < 4.78 is 7.21. The summed E-state index contributed by atoms with van der Waals surface area (Å²) >= 11 is 0. The molecule has 1 atom stereocenters. The van der Waals surface area contributed by atoms with Gasteiger partial charge in [0.15, 0.2) is 5.82 Å². The van der Waals surface area contributed by atoms with E-state index in [9.17, 15) is 4.79 Å². The van der Waals surface area contributed by atoms with Gasteiger partial charge in [0, 0.05) is 50.2 Å². The normalized spacial score (nSPS) is 17.0. The molecular weight excluding hydrogens is 330 g/mol. The fraction of sp³-hybridized carbons (Fsp3) is 0.368. The number of pyridine rings is 1. The minimum absolute atomic E-state index is 0.102. The number of nitrogens with zero attached hydrogens (tertiary/aromatic N) is 5. The molecule has 1 fully saturated rings. The number of aryl methyl sites for hydroxylation is 2. The largest absolute Gasteiger partial charge is 0.347 e. The Morgan fingerprint density at radius 1 is 1.31 bits per heavy atom. The van der Waals surface area contributed by atoms with Crippen LogP contribution in [-0.4, -0.2) is 43.1 Å². The lowest BCUT2D eigenvalue weighted by Crippen LogP contribution is -2.36. The quantitative estimate of drug-likeness (QED) is 0.706. The summed E-state index contributed by atoms with van der Waals surface area (Å²) in [5.74, 6) is 1.28. The standard InChI is InChI=1S/C19H21N5O2/c1-23-12-3-5-16(23)19(25)24-13-2-4-15(24)6-7-17-21-18(26-22-17)14-8-10-20-11-9-14/h3,5,8-12,15H,2,4,6-7,13H2,1H3. The lowest BCUT2D eigenvalue weighted by atomic mass is 10.1. The summed E-state index contributed by atoms with van der Waals surface area (Å²) in [4.78, 5) is 23.2. The zero-order chi connectivity index (χ0) is 17.9. The van der Waals surface area contributed by atoms with Crippen LogP contribution in [0.15, 0.2) is 47.4 Å². The highest BCUT2D eigenvalue weighted by atomic mass is 16.5. The third-order valence-electron chi connectivity index (χ3n) is 4.90. The van der Waals surface area contributed by atoms with Crippen molar-refractivity contribution >= 4 is 5.91 Å². The van der Waals surface area contributed by atoms with E-state index in [-0.39, 0.29) is 11.9 Å². The van der Waals surface area contributed by atoms with E-state index < -0.39 is 0 Å².